The van der Waals surface area contributed by atoms with Crippen LogP contribution in [-0.2, 0) is 28.5 Å². The Morgan fingerprint density at radius 1 is 0.917 bits per heavy atom. The molecule has 0 spiro atoms. The first-order valence-corrected chi connectivity index (χ1v) is 8.58. The fraction of sp³-hybridized carbons (Fsp3) is 0.938. The molecule has 8 heteroatoms. The Kier molecular flexibility index (Phi) is 12.9. The Hall–Kier alpha value is -0.770. The highest BCUT2D eigenvalue weighted by atomic mass is 16.6. The SMILES string of the molecule is COCCOCCOCCOCCOC(=O)CN1CCC(N)CC1. The van der Waals surface area contributed by atoms with Gasteiger partial charge in [-0.15, -0.1) is 0 Å². The van der Waals surface area contributed by atoms with Gasteiger partial charge in [0.15, 0.2) is 0 Å². The molecule has 0 unspecified atom stereocenters. The molecule has 0 saturated carbocycles. The van der Waals surface area contributed by atoms with Crippen LogP contribution in [0.2, 0.25) is 0 Å². The van der Waals surface area contributed by atoms with Crippen molar-refractivity contribution in [3.05, 3.63) is 0 Å². The molecule has 1 rings (SSSR count). The van der Waals surface area contributed by atoms with Gasteiger partial charge in [-0.2, -0.15) is 0 Å². The van der Waals surface area contributed by atoms with Gasteiger partial charge in [-0.05, 0) is 12.8 Å². The van der Waals surface area contributed by atoms with Crippen molar-refractivity contribution >= 4 is 5.97 Å². The number of hydrogen-bond acceptors (Lipinski definition) is 8. The van der Waals surface area contributed by atoms with Crippen molar-refractivity contribution in [1.82, 2.24) is 4.90 Å². The summed E-state index contributed by atoms with van der Waals surface area (Å²) in [5, 5.41) is 0. The Morgan fingerprint density at radius 2 is 1.42 bits per heavy atom. The van der Waals surface area contributed by atoms with Crippen LogP contribution in [0.25, 0.3) is 0 Å². The van der Waals surface area contributed by atoms with Gasteiger partial charge in [-0.3, -0.25) is 9.69 Å². The molecule has 0 aliphatic carbocycles. The van der Waals surface area contributed by atoms with E-state index in [0.717, 1.165) is 25.9 Å². The third-order valence-electron chi connectivity index (χ3n) is 3.65. The highest BCUT2D eigenvalue weighted by Crippen LogP contribution is 2.07. The fourth-order valence-corrected chi connectivity index (χ4v) is 2.24. The number of nitrogens with zero attached hydrogens (tertiary/aromatic N) is 1. The summed E-state index contributed by atoms with van der Waals surface area (Å²) in [5.41, 5.74) is 5.83. The number of esters is 1. The second kappa shape index (κ2) is 14.6. The third kappa shape index (κ3) is 11.7. The monoisotopic (exact) mass is 348 g/mol. The molecule has 0 bridgehead atoms. The van der Waals surface area contributed by atoms with E-state index in [2.05, 4.69) is 4.90 Å². The quantitative estimate of drug-likeness (QED) is 0.336. The molecular weight excluding hydrogens is 316 g/mol. The first-order chi connectivity index (χ1) is 11.7. The van der Waals surface area contributed by atoms with Gasteiger partial charge in [-0.1, -0.05) is 0 Å². The maximum absolute atomic E-state index is 11.7. The van der Waals surface area contributed by atoms with Crippen molar-refractivity contribution < 1.29 is 28.5 Å². The minimum Gasteiger partial charge on any atom is -0.462 e. The number of carbonyl (C=O) groups excluding carboxylic acids is 1. The van der Waals surface area contributed by atoms with Crippen molar-refractivity contribution in [2.45, 2.75) is 18.9 Å². The molecule has 0 atom stereocenters. The third-order valence-corrected chi connectivity index (χ3v) is 3.65. The summed E-state index contributed by atoms with van der Waals surface area (Å²) in [6.45, 7) is 5.91. The Balaban J connectivity index is 1.80. The second-order valence-electron chi connectivity index (χ2n) is 5.66. The van der Waals surface area contributed by atoms with Crippen LogP contribution < -0.4 is 5.73 Å². The predicted molar refractivity (Wildman–Crippen MR) is 88.9 cm³/mol. The number of rotatable bonds is 14. The number of carbonyl (C=O) groups is 1. The van der Waals surface area contributed by atoms with Crippen molar-refractivity contribution in [2.24, 2.45) is 5.73 Å². The van der Waals surface area contributed by atoms with E-state index in [-0.39, 0.29) is 18.6 Å². The van der Waals surface area contributed by atoms with Crippen molar-refractivity contribution in [3.63, 3.8) is 0 Å². The maximum Gasteiger partial charge on any atom is 0.320 e. The first-order valence-electron chi connectivity index (χ1n) is 8.58. The lowest BCUT2D eigenvalue weighted by molar-refractivity contribution is -0.146. The maximum atomic E-state index is 11.7. The van der Waals surface area contributed by atoms with Crippen molar-refractivity contribution in [1.29, 1.82) is 0 Å². The summed E-state index contributed by atoms with van der Waals surface area (Å²) in [5.74, 6) is -0.210. The summed E-state index contributed by atoms with van der Waals surface area (Å²) >= 11 is 0. The molecule has 142 valence electrons. The zero-order chi connectivity index (χ0) is 17.5. The lowest BCUT2D eigenvalue weighted by atomic mass is 10.1. The lowest BCUT2D eigenvalue weighted by Crippen LogP contribution is -2.42. The van der Waals surface area contributed by atoms with E-state index in [0.29, 0.717) is 52.8 Å². The number of methoxy groups -OCH3 is 1. The summed E-state index contributed by atoms with van der Waals surface area (Å²) in [6.07, 6.45) is 1.88. The van der Waals surface area contributed by atoms with Crippen LogP contribution in [0.1, 0.15) is 12.8 Å². The molecule has 0 amide bonds. The van der Waals surface area contributed by atoms with Crippen LogP contribution >= 0.6 is 0 Å². The Morgan fingerprint density at radius 3 is 1.96 bits per heavy atom. The lowest BCUT2D eigenvalue weighted by Gasteiger charge is -2.28. The molecule has 0 aromatic carbocycles. The van der Waals surface area contributed by atoms with E-state index >= 15 is 0 Å². The summed E-state index contributed by atoms with van der Waals surface area (Å²) in [6, 6.07) is 0.268. The minimum absolute atomic E-state index is 0.210. The Labute approximate surface area is 144 Å². The standard InChI is InChI=1S/C16H32N2O6/c1-20-6-7-21-8-9-22-10-11-23-12-13-24-16(19)14-18-4-2-15(17)3-5-18/h15H,2-14,17H2,1H3. The number of hydrogen-bond donors (Lipinski definition) is 1. The van der Waals surface area contributed by atoms with Crippen LogP contribution in [0.3, 0.4) is 0 Å². The Bertz CT molecular complexity index is 311. The molecule has 0 radical (unpaired) electrons. The van der Waals surface area contributed by atoms with Gasteiger partial charge in [0.1, 0.15) is 6.61 Å². The molecule has 1 aliphatic rings. The van der Waals surface area contributed by atoms with Gasteiger partial charge >= 0.3 is 5.97 Å². The largest absolute Gasteiger partial charge is 0.462 e. The molecule has 1 heterocycles. The topological polar surface area (TPSA) is 92.5 Å². The number of piperidine rings is 1. The molecule has 24 heavy (non-hydrogen) atoms. The van der Waals surface area contributed by atoms with E-state index in [1.165, 1.54) is 0 Å². The highest BCUT2D eigenvalue weighted by Gasteiger charge is 2.18. The van der Waals surface area contributed by atoms with Crippen molar-refractivity contribution in [2.75, 3.05) is 79.6 Å². The molecule has 1 saturated heterocycles. The smallest absolute Gasteiger partial charge is 0.320 e. The van der Waals surface area contributed by atoms with E-state index in [1.807, 2.05) is 0 Å². The van der Waals surface area contributed by atoms with E-state index in [9.17, 15) is 4.79 Å². The van der Waals surface area contributed by atoms with Gasteiger partial charge < -0.3 is 29.4 Å². The molecule has 0 aromatic heterocycles. The van der Waals surface area contributed by atoms with E-state index in [1.54, 1.807) is 7.11 Å². The highest BCUT2D eigenvalue weighted by molar-refractivity contribution is 5.71. The second-order valence-corrected chi connectivity index (χ2v) is 5.66. The van der Waals surface area contributed by atoms with Gasteiger partial charge in [-0.25, -0.2) is 0 Å². The van der Waals surface area contributed by atoms with Gasteiger partial charge in [0.25, 0.3) is 0 Å². The van der Waals surface area contributed by atoms with Gasteiger partial charge in [0.05, 0.1) is 52.8 Å². The van der Waals surface area contributed by atoms with Crippen LogP contribution in [0.5, 0.6) is 0 Å². The van der Waals surface area contributed by atoms with Crippen molar-refractivity contribution in [3.8, 4) is 0 Å². The average molecular weight is 348 g/mol. The zero-order valence-electron chi connectivity index (χ0n) is 14.7. The van der Waals surface area contributed by atoms with Crippen LogP contribution in [0.4, 0.5) is 0 Å². The van der Waals surface area contributed by atoms with Gasteiger partial charge in [0.2, 0.25) is 0 Å². The summed E-state index contributed by atoms with van der Waals surface area (Å²) < 4.78 is 25.9. The summed E-state index contributed by atoms with van der Waals surface area (Å²) in [4.78, 5) is 13.8. The van der Waals surface area contributed by atoms with Crippen LogP contribution in [0.15, 0.2) is 0 Å². The molecular formula is C16H32N2O6. The summed E-state index contributed by atoms with van der Waals surface area (Å²) in [7, 11) is 1.64. The number of ether oxygens (including phenoxy) is 5. The molecule has 2 N–H and O–H groups in total. The molecule has 0 aromatic rings. The minimum atomic E-state index is -0.210. The van der Waals surface area contributed by atoms with Crippen LogP contribution in [0, 0.1) is 0 Å². The normalized spacial score (nSPS) is 16.4. The molecule has 1 fully saturated rings. The number of nitrogens with two attached hydrogens (primary N) is 1. The average Bonchev–Trinajstić information content (AvgIpc) is 2.58. The van der Waals surface area contributed by atoms with Crippen LogP contribution in [-0.4, -0.2) is 96.5 Å². The fourth-order valence-electron chi connectivity index (χ4n) is 2.24. The van der Waals surface area contributed by atoms with E-state index in [4.69, 9.17) is 29.4 Å². The number of likely N-dealkylation sites (tertiary alicyclic amines) is 1. The predicted octanol–water partition coefficient (Wildman–Crippen LogP) is -0.351. The molecule has 8 nitrogen and oxygen atoms in total. The zero-order valence-corrected chi connectivity index (χ0v) is 14.7. The first kappa shape index (κ1) is 21.3. The molecule has 1 aliphatic heterocycles. The van der Waals surface area contributed by atoms with E-state index < -0.39 is 0 Å². The van der Waals surface area contributed by atoms with Gasteiger partial charge in [0, 0.05) is 26.2 Å².